The Kier molecular flexibility index (Phi) is 42.5. The summed E-state index contributed by atoms with van der Waals surface area (Å²) in [5.41, 5.74) is 84.6. The number of benzene rings is 1. The minimum atomic E-state index is -1.51. The molecule has 39 N–H and O–H groups in total. The highest BCUT2D eigenvalue weighted by Gasteiger charge is 2.35. The molecular formula is C57H107N29O10. The van der Waals surface area contributed by atoms with Crippen molar-refractivity contribution in [2.45, 2.75) is 176 Å². The molecule has 0 aliphatic carbocycles. The molecule has 1 aromatic carbocycles. The van der Waals surface area contributed by atoms with Crippen LogP contribution in [0, 0.1) is 0 Å². The molecule has 0 heterocycles. The number of carbonyl (C=O) groups is 9. The van der Waals surface area contributed by atoms with Crippen LogP contribution < -0.4 is 129 Å². The number of rotatable bonds is 51. The van der Waals surface area contributed by atoms with E-state index in [0.717, 1.165) is 0 Å². The molecule has 39 heteroatoms. The van der Waals surface area contributed by atoms with Gasteiger partial charge in [0.2, 0.25) is 47.3 Å². The maximum Gasteiger partial charge on any atom is 0.326 e. The molecule has 0 aliphatic rings. The Morgan fingerprint density at radius 2 is 0.542 bits per heavy atom. The van der Waals surface area contributed by atoms with Gasteiger partial charge in [-0.15, -0.1) is 0 Å². The van der Waals surface area contributed by atoms with Crippen molar-refractivity contribution in [1.82, 2.24) is 42.5 Å². The number of nitrogens with one attached hydrogen (secondary N) is 8. The van der Waals surface area contributed by atoms with E-state index < -0.39 is 108 Å². The molecule has 0 bridgehead atoms. The Bertz CT molecular complexity index is 2750. The zero-order valence-corrected chi connectivity index (χ0v) is 54.6. The van der Waals surface area contributed by atoms with Gasteiger partial charge in [0, 0.05) is 45.7 Å². The lowest BCUT2D eigenvalue weighted by atomic mass is 10.0. The molecule has 0 aliphatic heterocycles. The number of carbonyl (C=O) groups excluding carboxylic acids is 8. The SMILES string of the molecule is NCCCC[C@H](NC(=O)[C@H](N)CCCN=C(N)N)C(=O)N[C@@H](CCCCN)C(=O)N[C@@H](CCCN=C(N)N)C(=O)N[C@H](CCCN=C(N)N)C(=O)N[C@@H](Cc1ccccc1)C(=O)N[C@@H](CCCN=C(N)N)C(=O)N[C@@H](CCCN=C(N)N)C(=O)N[C@H](CCCN=C(N)N)C(=O)O. The fourth-order valence-corrected chi connectivity index (χ4v) is 9.27. The van der Waals surface area contributed by atoms with Crippen LogP contribution in [-0.4, -0.2) is 201 Å². The smallest absolute Gasteiger partial charge is 0.326 e. The summed E-state index contributed by atoms with van der Waals surface area (Å²) in [5.74, 6) is -9.55. The van der Waals surface area contributed by atoms with Gasteiger partial charge in [-0.25, -0.2) is 4.79 Å². The summed E-state index contributed by atoms with van der Waals surface area (Å²) >= 11 is 0. The Balaban J connectivity index is 3.91. The molecule has 8 amide bonds. The van der Waals surface area contributed by atoms with Crippen LogP contribution in [0.1, 0.15) is 121 Å². The highest BCUT2D eigenvalue weighted by Crippen LogP contribution is 2.13. The van der Waals surface area contributed by atoms with Crippen LogP contribution in [-0.2, 0) is 49.6 Å². The summed E-state index contributed by atoms with van der Waals surface area (Å²) in [6.07, 6.45) is 1.95. The molecule has 0 radical (unpaired) electrons. The summed E-state index contributed by atoms with van der Waals surface area (Å²) in [7, 11) is 0. The van der Waals surface area contributed by atoms with E-state index in [1.807, 2.05) is 0 Å². The van der Waals surface area contributed by atoms with Gasteiger partial charge < -0.3 is 134 Å². The van der Waals surface area contributed by atoms with E-state index in [-0.39, 0.29) is 171 Å². The second-order valence-corrected chi connectivity index (χ2v) is 22.4. The van der Waals surface area contributed by atoms with Crippen LogP contribution in [0.25, 0.3) is 0 Å². The molecule has 39 nitrogen and oxygen atoms in total. The number of aliphatic carboxylic acids is 1. The average molecular weight is 1360 g/mol. The number of amides is 8. The normalized spacial score (nSPS) is 13.6. The number of nitrogens with zero attached hydrogens (tertiary/aromatic N) is 6. The molecule has 0 fully saturated rings. The molecule has 0 saturated carbocycles. The number of aliphatic imine (C=N–C) groups is 6. The Labute approximate surface area is 558 Å². The molecule has 9 atom stereocenters. The molecule has 0 saturated heterocycles. The summed E-state index contributed by atoms with van der Waals surface area (Å²) in [6.45, 7) is 0.739. The van der Waals surface area contributed by atoms with Crippen LogP contribution >= 0.6 is 0 Å². The van der Waals surface area contributed by atoms with Crippen LogP contribution in [0.2, 0.25) is 0 Å². The van der Waals surface area contributed by atoms with Gasteiger partial charge in [0.15, 0.2) is 35.8 Å². The van der Waals surface area contributed by atoms with Crippen molar-refractivity contribution in [3.05, 3.63) is 35.9 Å². The standard InChI is InChI=1S/C57H107N29O10/c58-24-6-4-17-35(79-43(87)34(60)16-8-26-73-52(61)62)44(88)80-36(18-5-7-25-59)45(89)81-37(19-9-27-74-53(63)64)46(90)83-40(22-12-30-77-56(69)70)49(93)86-42(32-33-14-2-1-3-15-33)50(94)84-38(20-10-28-75-54(65)66)47(91)82-39(21-11-29-76-55(67)68)48(92)85-41(51(95)96)23-13-31-78-57(71)72/h1-3,14-15,34-42H,4-13,16-32,58-60H2,(H,79,87)(H,80,88)(H,81,89)(H,82,91)(H,83,90)(H,84,94)(H,85,92)(H,86,93)(H,95,96)(H4,61,62,73)(H4,63,64,74)(H4,65,66,75)(H4,67,68,76)(H4,69,70,77)(H4,71,72,78)/t34-,35+,36+,37+,38+,39+,40-,41-,42+/m1/s1. The molecule has 540 valence electrons. The van der Waals surface area contributed by atoms with Gasteiger partial charge in [0.1, 0.15) is 48.3 Å². The van der Waals surface area contributed by atoms with Gasteiger partial charge in [-0.1, -0.05) is 30.3 Å². The van der Waals surface area contributed by atoms with Crippen LogP contribution in [0.4, 0.5) is 0 Å². The fraction of sp³-hybridized carbons (Fsp3) is 0.632. The lowest BCUT2D eigenvalue weighted by molar-refractivity contribution is -0.142. The minimum Gasteiger partial charge on any atom is -0.480 e. The zero-order chi connectivity index (χ0) is 72.0. The first kappa shape index (κ1) is 84.0. The average Bonchev–Trinajstić information content (AvgIpc) is 0.885. The van der Waals surface area contributed by atoms with Crippen molar-refractivity contribution in [3.63, 3.8) is 0 Å². The Hall–Kier alpha value is -10.0. The van der Waals surface area contributed by atoms with E-state index in [2.05, 4.69) is 72.5 Å². The van der Waals surface area contributed by atoms with Gasteiger partial charge in [-0.05, 0) is 134 Å². The van der Waals surface area contributed by atoms with E-state index >= 15 is 0 Å². The molecular weight excluding hydrogens is 1250 g/mol. The number of guanidine groups is 6. The van der Waals surface area contributed by atoms with Gasteiger partial charge in [0.25, 0.3) is 0 Å². The molecule has 0 aromatic heterocycles. The predicted octanol–water partition coefficient (Wildman–Crippen LogP) is -8.90. The second kappa shape index (κ2) is 48.6. The van der Waals surface area contributed by atoms with Crippen molar-refractivity contribution in [2.24, 2.45) is 116 Å². The van der Waals surface area contributed by atoms with Gasteiger partial charge in [-0.3, -0.25) is 68.3 Å². The van der Waals surface area contributed by atoms with Gasteiger partial charge in [-0.2, -0.15) is 0 Å². The van der Waals surface area contributed by atoms with Crippen molar-refractivity contribution in [2.75, 3.05) is 52.4 Å². The summed E-state index contributed by atoms with van der Waals surface area (Å²) in [4.78, 5) is 151. The van der Waals surface area contributed by atoms with Crippen molar-refractivity contribution < 1.29 is 48.3 Å². The Morgan fingerprint density at radius 3 is 0.812 bits per heavy atom. The molecule has 0 spiro atoms. The number of nitrogens with two attached hydrogens (primary N) is 15. The first-order chi connectivity index (χ1) is 45.6. The maximum atomic E-state index is 14.9. The second-order valence-electron chi connectivity index (χ2n) is 22.4. The Morgan fingerprint density at radius 1 is 0.312 bits per heavy atom. The third-order valence-corrected chi connectivity index (χ3v) is 14.3. The van der Waals surface area contributed by atoms with Crippen LogP contribution in [0.3, 0.4) is 0 Å². The van der Waals surface area contributed by atoms with E-state index in [1.165, 1.54) is 0 Å². The fourth-order valence-electron chi connectivity index (χ4n) is 9.27. The van der Waals surface area contributed by atoms with Gasteiger partial charge in [0.05, 0.1) is 6.04 Å². The third kappa shape index (κ3) is 38.8. The first-order valence-corrected chi connectivity index (χ1v) is 31.8. The van der Waals surface area contributed by atoms with Crippen LogP contribution in [0.15, 0.2) is 60.3 Å². The lowest BCUT2D eigenvalue weighted by Crippen LogP contribution is -2.60. The van der Waals surface area contributed by atoms with Crippen molar-refractivity contribution >= 4 is 89.0 Å². The monoisotopic (exact) mass is 1360 g/mol. The summed E-state index contributed by atoms with van der Waals surface area (Å²) < 4.78 is 0. The number of unbranched alkanes of at least 4 members (excludes halogenated alkanes) is 2. The third-order valence-electron chi connectivity index (χ3n) is 14.3. The molecule has 96 heavy (non-hydrogen) atoms. The van der Waals surface area contributed by atoms with Crippen LogP contribution in [0.5, 0.6) is 0 Å². The summed E-state index contributed by atoms with van der Waals surface area (Å²) in [5, 5.41) is 31.4. The van der Waals surface area contributed by atoms with E-state index in [4.69, 9.17) is 86.0 Å². The largest absolute Gasteiger partial charge is 0.480 e. The van der Waals surface area contributed by atoms with Crippen molar-refractivity contribution in [3.8, 4) is 0 Å². The topological polar surface area (TPSA) is 735 Å². The molecule has 1 rings (SSSR count). The lowest BCUT2D eigenvalue weighted by Gasteiger charge is -2.28. The number of carboxylic acids is 1. The number of carboxylic acid groups (broad SMARTS) is 1. The van der Waals surface area contributed by atoms with E-state index in [1.54, 1.807) is 30.3 Å². The molecule has 0 unspecified atom stereocenters. The van der Waals surface area contributed by atoms with E-state index in [0.29, 0.717) is 44.2 Å². The highest BCUT2D eigenvalue weighted by atomic mass is 16.4. The predicted molar refractivity (Wildman–Crippen MR) is 366 cm³/mol. The highest BCUT2D eigenvalue weighted by molar-refractivity contribution is 5.98. The number of hydrogen-bond donors (Lipinski definition) is 24. The maximum absolute atomic E-state index is 14.9. The quantitative estimate of drug-likeness (QED) is 0.0164. The van der Waals surface area contributed by atoms with Gasteiger partial charge >= 0.3 is 5.97 Å². The van der Waals surface area contributed by atoms with E-state index in [9.17, 15) is 48.3 Å². The molecule has 1 aromatic rings. The van der Waals surface area contributed by atoms with Crippen molar-refractivity contribution in [1.29, 1.82) is 0 Å². The first-order valence-electron chi connectivity index (χ1n) is 31.8. The zero-order valence-electron chi connectivity index (χ0n) is 54.6. The minimum absolute atomic E-state index is 0.00568. The number of hydrogen-bond acceptors (Lipinski definition) is 18. The summed E-state index contributed by atoms with van der Waals surface area (Å²) in [6, 6.07) is -3.92.